The largest absolute Gasteiger partial charge is 0.299 e. The van der Waals surface area contributed by atoms with Crippen molar-refractivity contribution in [1.82, 2.24) is 0 Å². The van der Waals surface area contributed by atoms with Gasteiger partial charge in [-0.05, 0) is 37.0 Å². The van der Waals surface area contributed by atoms with Crippen molar-refractivity contribution in [2.75, 3.05) is 0 Å². The second-order valence-electron chi connectivity index (χ2n) is 4.11. The van der Waals surface area contributed by atoms with Gasteiger partial charge in [0.2, 0.25) is 0 Å². The summed E-state index contributed by atoms with van der Waals surface area (Å²) in [4.78, 5) is 11.2. The van der Waals surface area contributed by atoms with E-state index in [2.05, 4.69) is 0 Å². The van der Waals surface area contributed by atoms with Gasteiger partial charge in [0.25, 0.3) is 0 Å². The minimum absolute atomic E-state index is 0.562. The van der Waals surface area contributed by atoms with Crippen molar-refractivity contribution in [2.24, 2.45) is 23.7 Å². The van der Waals surface area contributed by atoms with Crippen LogP contribution < -0.4 is 0 Å². The Labute approximate surface area is 60.8 Å². The smallest absolute Gasteiger partial charge is 0.136 e. The summed E-state index contributed by atoms with van der Waals surface area (Å²) in [5.41, 5.74) is 0. The number of Topliss-reactive ketones (excluding diaryl/α,β-unsaturated/α-hetero) is 1. The van der Waals surface area contributed by atoms with E-state index >= 15 is 0 Å². The van der Waals surface area contributed by atoms with Gasteiger partial charge in [0.15, 0.2) is 0 Å². The highest BCUT2D eigenvalue weighted by molar-refractivity contribution is 5.87. The van der Waals surface area contributed by atoms with Crippen LogP contribution in [0.3, 0.4) is 0 Å². The number of ketones is 1. The quantitative estimate of drug-likeness (QED) is 0.535. The molecule has 3 atom stereocenters. The molecule has 54 valence electrons. The number of hydrogen-bond acceptors (Lipinski definition) is 1. The van der Waals surface area contributed by atoms with Crippen molar-refractivity contribution in [2.45, 2.75) is 25.7 Å². The zero-order valence-electron chi connectivity index (χ0n) is 6.05. The van der Waals surface area contributed by atoms with Crippen LogP contribution in [-0.2, 0) is 4.79 Å². The molecule has 10 heavy (non-hydrogen) atoms. The lowest BCUT2D eigenvalue weighted by molar-refractivity contribution is -0.119. The van der Waals surface area contributed by atoms with Gasteiger partial charge in [0.05, 0.1) is 0 Å². The summed E-state index contributed by atoms with van der Waals surface area (Å²) in [6, 6.07) is 0. The fourth-order valence-corrected chi connectivity index (χ4v) is 2.83. The summed E-state index contributed by atoms with van der Waals surface area (Å²) in [5, 5.41) is 0. The number of rotatable bonds is 1. The molecular weight excluding hydrogens is 124 g/mol. The van der Waals surface area contributed by atoms with Crippen LogP contribution in [0.4, 0.5) is 0 Å². The number of hydrogen-bond donors (Lipinski definition) is 0. The molecule has 3 saturated carbocycles. The fourth-order valence-electron chi connectivity index (χ4n) is 2.83. The molecule has 0 heterocycles. The first-order valence-electron chi connectivity index (χ1n) is 4.40. The Balaban J connectivity index is 1.79. The molecule has 3 rings (SSSR count). The Morgan fingerprint density at radius 1 is 1.20 bits per heavy atom. The van der Waals surface area contributed by atoms with Crippen LogP contribution in [-0.4, -0.2) is 5.78 Å². The van der Waals surface area contributed by atoms with Crippen molar-refractivity contribution in [3.63, 3.8) is 0 Å². The maximum Gasteiger partial charge on any atom is 0.136 e. The monoisotopic (exact) mass is 136 g/mol. The van der Waals surface area contributed by atoms with Gasteiger partial charge in [0, 0.05) is 12.3 Å². The van der Waals surface area contributed by atoms with Crippen LogP contribution in [0.25, 0.3) is 0 Å². The lowest BCUT2D eigenvalue weighted by Gasteiger charge is -1.96. The average molecular weight is 136 g/mol. The summed E-state index contributed by atoms with van der Waals surface area (Å²) >= 11 is 0. The third kappa shape index (κ3) is 0.518. The normalized spacial score (nSPS) is 51.2. The summed E-state index contributed by atoms with van der Waals surface area (Å²) in [6.07, 6.45) is 4.97. The molecule has 0 N–H and O–H groups in total. The van der Waals surface area contributed by atoms with Gasteiger partial charge in [-0.1, -0.05) is 0 Å². The maximum absolute atomic E-state index is 11.2. The van der Waals surface area contributed by atoms with E-state index in [1.54, 1.807) is 0 Å². The second kappa shape index (κ2) is 1.46. The molecule has 0 bridgehead atoms. The zero-order chi connectivity index (χ0) is 6.72. The summed E-state index contributed by atoms with van der Waals surface area (Å²) < 4.78 is 0. The molecule has 0 aliphatic heterocycles. The number of fused-ring (bicyclic) bond motifs is 1. The van der Waals surface area contributed by atoms with Crippen molar-refractivity contribution in [3.8, 4) is 0 Å². The highest BCUT2D eigenvalue weighted by Crippen LogP contribution is 2.64. The molecule has 0 aromatic rings. The first kappa shape index (κ1) is 5.34. The van der Waals surface area contributed by atoms with E-state index in [0.717, 1.165) is 24.2 Å². The van der Waals surface area contributed by atoms with Crippen molar-refractivity contribution < 1.29 is 4.79 Å². The SMILES string of the molecule is O=C1CCC2C1C2C1CC1. The molecular formula is C9H12O. The fraction of sp³-hybridized carbons (Fsp3) is 0.889. The molecule has 1 nitrogen and oxygen atoms in total. The highest BCUT2D eigenvalue weighted by atomic mass is 16.1. The van der Waals surface area contributed by atoms with Crippen LogP contribution in [0.15, 0.2) is 0 Å². The van der Waals surface area contributed by atoms with Crippen molar-refractivity contribution in [1.29, 1.82) is 0 Å². The van der Waals surface area contributed by atoms with E-state index in [4.69, 9.17) is 0 Å². The lowest BCUT2D eigenvalue weighted by atomic mass is 10.1. The Kier molecular flexibility index (Phi) is 0.781. The second-order valence-corrected chi connectivity index (χ2v) is 4.11. The van der Waals surface area contributed by atoms with E-state index in [0.29, 0.717) is 11.7 Å². The Morgan fingerprint density at radius 2 is 2.00 bits per heavy atom. The Hall–Kier alpha value is -0.330. The van der Waals surface area contributed by atoms with Gasteiger partial charge >= 0.3 is 0 Å². The van der Waals surface area contributed by atoms with Crippen LogP contribution >= 0.6 is 0 Å². The molecule has 0 aromatic heterocycles. The third-order valence-corrected chi connectivity index (χ3v) is 3.49. The zero-order valence-corrected chi connectivity index (χ0v) is 6.05. The Bertz CT molecular complexity index is 193. The van der Waals surface area contributed by atoms with Gasteiger partial charge in [-0.25, -0.2) is 0 Å². The number of carbonyl (C=O) groups is 1. The topological polar surface area (TPSA) is 17.1 Å². The molecule has 0 radical (unpaired) electrons. The molecule has 0 saturated heterocycles. The summed E-state index contributed by atoms with van der Waals surface area (Å²) in [5.74, 6) is 3.87. The summed E-state index contributed by atoms with van der Waals surface area (Å²) in [7, 11) is 0. The van der Waals surface area contributed by atoms with Crippen LogP contribution in [0.2, 0.25) is 0 Å². The number of carbonyl (C=O) groups excluding carboxylic acids is 1. The predicted molar refractivity (Wildman–Crippen MR) is 37.4 cm³/mol. The van der Waals surface area contributed by atoms with Gasteiger partial charge in [-0.2, -0.15) is 0 Å². The standard InChI is InChI=1S/C9H12O/c10-7-4-3-6-8(9(6)7)5-1-2-5/h5-6,8-9H,1-4H2. The minimum atomic E-state index is 0.562. The van der Waals surface area contributed by atoms with Gasteiger partial charge < -0.3 is 0 Å². The predicted octanol–water partition coefficient (Wildman–Crippen LogP) is 1.62. The molecule has 3 aliphatic rings. The van der Waals surface area contributed by atoms with Crippen molar-refractivity contribution in [3.05, 3.63) is 0 Å². The molecule has 3 fully saturated rings. The average Bonchev–Trinajstić information content (AvgIpc) is 2.79. The lowest BCUT2D eigenvalue weighted by Crippen LogP contribution is -2.00. The molecule has 1 heteroatoms. The van der Waals surface area contributed by atoms with E-state index in [1.165, 1.54) is 19.3 Å². The van der Waals surface area contributed by atoms with Crippen molar-refractivity contribution >= 4 is 5.78 Å². The first-order valence-corrected chi connectivity index (χ1v) is 4.40. The molecule has 3 aliphatic carbocycles. The minimum Gasteiger partial charge on any atom is -0.299 e. The Morgan fingerprint density at radius 3 is 2.50 bits per heavy atom. The van der Waals surface area contributed by atoms with E-state index in [1.807, 2.05) is 0 Å². The van der Waals surface area contributed by atoms with Crippen LogP contribution in [0.5, 0.6) is 0 Å². The summed E-state index contributed by atoms with van der Waals surface area (Å²) in [6.45, 7) is 0. The van der Waals surface area contributed by atoms with E-state index in [-0.39, 0.29) is 0 Å². The van der Waals surface area contributed by atoms with E-state index in [9.17, 15) is 4.79 Å². The van der Waals surface area contributed by atoms with E-state index < -0.39 is 0 Å². The molecule has 0 aromatic carbocycles. The molecule has 0 spiro atoms. The van der Waals surface area contributed by atoms with Crippen LogP contribution in [0.1, 0.15) is 25.7 Å². The molecule has 0 amide bonds. The van der Waals surface area contributed by atoms with Gasteiger partial charge in [-0.15, -0.1) is 0 Å². The van der Waals surface area contributed by atoms with Gasteiger partial charge in [0.1, 0.15) is 5.78 Å². The first-order chi connectivity index (χ1) is 4.88. The maximum atomic E-state index is 11.2. The third-order valence-electron chi connectivity index (χ3n) is 3.49. The van der Waals surface area contributed by atoms with Crippen LogP contribution in [0, 0.1) is 23.7 Å². The molecule has 3 unspecified atom stereocenters. The van der Waals surface area contributed by atoms with Gasteiger partial charge in [-0.3, -0.25) is 4.79 Å². The highest BCUT2D eigenvalue weighted by Gasteiger charge is 2.62.